The molecule has 0 bridgehead atoms. The van der Waals surface area contributed by atoms with E-state index in [9.17, 15) is 8.78 Å². The molecule has 0 fully saturated rings. The van der Waals surface area contributed by atoms with Gasteiger partial charge in [-0.15, -0.1) is 0 Å². The second kappa shape index (κ2) is 6.80. The van der Waals surface area contributed by atoms with Crippen LogP contribution in [0.1, 0.15) is 30.8 Å². The molecule has 0 aliphatic rings. The Labute approximate surface area is 123 Å². The molecule has 114 valence electrons. The Kier molecular flexibility index (Phi) is 5.07. The van der Waals surface area contributed by atoms with Gasteiger partial charge in [-0.05, 0) is 43.5 Å². The molecule has 2 N–H and O–H groups in total. The van der Waals surface area contributed by atoms with Crippen molar-refractivity contribution in [2.24, 2.45) is 5.73 Å². The monoisotopic (exact) mass is 293 g/mol. The minimum absolute atomic E-state index is 0.196. The van der Waals surface area contributed by atoms with Crippen LogP contribution in [-0.4, -0.2) is 15.8 Å². The number of halogens is 2. The maximum absolute atomic E-state index is 13.2. The molecule has 0 radical (unpaired) electrons. The van der Waals surface area contributed by atoms with Gasteiger partial charge in [-0.25, -0.2) is 8.78 Å². The number of benzene rings is 1. The number of hydrogen-bond acceptors (Lipinski definition) is 2. The SMILES string of the molecule is CCc1cc(CC(N)Cc2cc(F)cc(F)c2)n(CC)n1. The zero-order valence-corrected chi connectivity index (χ0v) is 12.4. The molecule has 0 spiro atoms. The molecule has 21 heavy (non-hydrogen) atoms. The van der Waals surface area contributed by atoms with Gasteiger partial charge < -0.3 is 5.73 Å². The highest BCUT2D eigenvalue weighted by molar-refractivity contribution is 5.20. The van der Waals surface area contributed by atoms with Crippen LogP contribution >= 0.6 is 0 Å². The van der Waals surface area contributed by atoms with Gasteiger partial charge in [0.25, 0.3) is 0 Å². The molecule has 1 heterocycles. The van der Waals surface area contributed by atoms with Crippen molar-refractivity contribution in [1.82, 2.24) is 9.78 Å². The smallest absolute Gasteiger partial charge is 0.126 e. The predicted molar refractivity (Wildman–Crippen MR) is 79.0 cm³/mol. The third-order valence-corrected chi connectivity index (χ3v) is 3.47. The Morgan fingerprint density at radius 3 is 2.33 bits per heavy atom. The van der Waals surface area contributed by atoms with Crippen molar-refractivity contribution in [1.29, 1.82) is 0 Å². The summed E-state index contributed by atoms with van der Waals surface area (Å²) in [5.41, 5.74) is 8.81. The Hall–Kier alpha value is -1.75. The van der Waals surface area contributed by atoms with E-state index < -0.39 is 11.6 Å². The molecular weight excluding hydrogens is 272 g/mol. The summed E-state index contributed by atoms with van der Waals surface area (Å²) in [5.74, 6) is -1.13. The first-order valence-electron chi connectivity index (χ1n) is 7.28. The molecule has 0 saturated carbocycles. The van der Waals surface area contributed by atoms with Crippen LogP contribution < -0.4 is 5.73 Å². The molecule has 2 rings (SSSR count). The maximum Gasteiger partial charge on any atom is 0.126 e. The van der Waals surface area contributed by atoms with Gasteiger partial charge in [-0.2, -0.15) is 5.10 Å². The van der Waals surface area contributed by atoms with Gasteiger partial charge in [0.1, 0.15) is 11.6 Å². The van der Waals surface area contributed by atoms with Gasteiger partial charge in [-0.3, -0.25) is 4.68 Å². The molecule has 1 atom stereocenters. The molecule has 3 nitrogen and oxygen atoms in total. The van der Waals surface area contributed by atoms with Gasteiger partial charge in [0, 0.05) is 30.8 Å². The summed E-state index contributed by atoms with van der Waals surface area (Å²) in [6.07, 6.45) is 1.95. The standard InChI is InChI=1S/C16H21F2N3/c1-3-15-10-16(21(4-2)20-15)9-14(19)7-11-5-12(17)8-13(18)6-11/h5-6,8,10,14H,3-4,7,9,19H2,1-2H3. The van der Waals surface area contributed by atoms with Crippen molar-refractivity contribution < 1.29 is 8.78 Å². The van der Waals surface area contributed by atoms with Crippen LogP contribution in [0.15, 0.2) is 24.3 Å². The quantitative estimate of drug-likeness (QED) is 0.890. The second-order valence-electron chi connectivity index (χ2n) is 5.24. The Balaban J connectivity index is 2.07. The van der Waals surface area contributed by atoms with Crippen molar-refractivity contribution in [3.63, 3.8) is 0 Å². The normalized spacial score (nSPS) is 12.6. The van der Waals surface area contributed by atoms with E-state index in [0.29, 0.717) is 18.4 Å². The van der Waals surface area contributed by atoms with Crippen LogP contribution in [0, 0.1) is 11.6 Å². The molecular formula is C16H21F2N3. The number of rotatable bonds is 6. The van der Waals surface area contributed by atoms with E-state index in [2.05, 4.69) is 18.1 Å². The van der Waals surface area contributed by atoms with Crippen molar-refractivity contribution >= 4 is 0 Å². The van der Waals surface area contributed by atoms with E-state index in [0.717, 1.165) is 30.4 Å². The van der Waals surface area contributed by atoms with Crippen LogP contribution in [0.2, 0.25) is 0 Å². The molecule has 0 aliphatic carbocycles. The lowest BCUT2D eigenvalue weighted by molar-refractivity contribution is 0.561. The fraction of sp³-hybridized carbons (Fsp3) is 0.438. The molecule has 2 aromatic rings. The Morgan fingerprint density at radius 2 is 1.76 bits per heavy atom. The van der Waals surface area contributed by atoms with Gasteiger partial charge >= 0.3 is 0 Å². The average Bonchev–Trinajstić information content (AvgIpc) is 2.79. The van der Waals surface area contributed by atoms with E-state index in [4.69, 9.17) is 5.73 Å². The first-order chi connectivity index (χ1) is 10.0. The van der Waals surface area contributed by atoms with Gasteiger partial charge in [-0.1, -0.05) is 6.92 Å². The van der Waals surface area contributed by atoms with Crippen LogP contribution in [-0.2, 0) is 25.8 Å². The van der Waals surface area contributed by atoms with Crippen LogP contribution in [0.25, 0.3) is 0 Å². The summed E-state index contributed by atoms with van der Waals surface area (Å²) in [6.45, 7) is 4.88. The number of aromatic nitrogens is 2. The fourth-order valence-corrected chi connectivity index (χ4v) is 2.50. The summed E-state index contributed by atoms with van der Waals surface area (Å²) < 4.78 is 28.3. The maximum atomic E-state index is 13.2. The summed E-state index contributed by atoms with van der Waals surface area (Å²) in [4.78, 5) is 0. The Morgan fingerprint density at radius 1 is 1.10 bits per heavy atom. The molecule has 1 aromatic carbocycles. The van der Waals surface area contributed by atoms with Gasteiger partial charge in [0.05, 0.1) is 5.69 Å². The van der Waals surface area contributed by atoms with E-state index in [1.807, 2.05) is 11.6 Å². The first-order valence-corrected chi connectivity index (χ1v) is 7.28. The van der Waals surface area contributed by atoms with Gasteiger partial charge in [0.15, 0.2) is 0 Å². The average molecular weight is 293 g/mol. The van der Waals surface area contributed by atoms with E-state index in [1.165, 1.54) is 12.1 Å². The summed E-state index contributed by atoms with van der Waals surface area (Å²) in [7, 11) is 0. The molecule has 5 heteroatoms. The highest BCUT2D eigenvalue weighted by Gasteiger charge is 2.12. The zero-order chi connectivity index (χ0) is 15.4. The van der Waals surface area contributed by atoms with Crippen molar-refractivity contribution in [3.05, 3.63) is 52.9 Å². The molecule has 0 amide bonds. The summed E-state index contributed by atoms with van der Waals surface area (Å²) in [6, 6.07) is 5.39. The van der Waals surface area contributed by atoms with Crippen molar-refractivity contribution in [3.8, 4) is 0 Å². The third kappa shape index (κ3) is 4.11. The fourth-order valence-electron chi connectivity index (χ4n) is 2.50. The van der Waals surface area contributed by atoms with E-state index >= 15 is 0 Å². The van der Waals surface area contributed by atoms with Gasteiger partial charge in [0.2, 0.25) is 0 Å². The third-order valence-electron chi connectivity index (χ3n) is 3.47. The highest BCUT2D eigenvalue weighted by Crippen LogP contribution is 2.13. The highest BCUT2D eigenvalue weighted by atomic mass is 19.1. The topological polar surface area (TPSA) is 43.8 Å². The number of nitrogens with two attached hydrogens (primary N) is 1. The van der Waals surface area contributed by atoms with Crippen molar-refractivity contribution in [2.75, 3.05) is 0 Å². The van der Waals surface area contributed by atoms with Crippen molar-refractivity contribution in [2.45, 2.75) is 45.7 Å². The lowest BCUT2D eigenvalue weighted by atomic mass is 10.0. The van der Waals surface area contributed by atoms with Crippen LogP contribution in [0.4, 0.5) is 8.78 Å². The van der Waals surface area contributed by atoms with E-state index in [1.54, 1.807) is 0 Å². The summed E-state index contributed by atoms with van der Waals surface area (Å²) >= 11 is 0. The second-order valence-corrected chi connectivity index (χ2v) is 5.24. The molecule has 1 unspecified atom stereocenters. The number of nitrogens with zero attached hydrogens (tertiary/aromatic N) is 2. The van der Waals surface area contributed by atoms with Crippen LogP contribution in [0.5, 0.6) is 0 Å². The summed E-state index contributed by atoms with van der Waals surface area (Å²) in [5, 5.41) is 4.48. The molecule has 1 aromatic heterocycles. The minimum atomic E-state index is -0.566. The minimum Gasteiger partial charge on any atom is -0.327 e. The molecule has 0 saturated heterocycles. The largest absolute Gasteiger partial charge is 0.327 e. The number of hydrogen-bond donors (Lipinski definition) is 1. The number of aryl methyl sites for hydroxylation is 2. The Bertz CT molecular complexity index is 587. The zero-order valence-electron chi connectivity index (χ0n) is 12.4. The predicted octanol–water partition coefficient (Wildman–Crippen LogP) is 2.86. The molecule has 0 aliphatic heterocycles. The van der Waals surface area contributed by atoms with Crippen LogP contribution in [0.3, 0.4) is 0 Å². The lowest BCUT2D eigenvalue weighted by Crippen LogP contribution is -2.27. The first kappa shape index (κ1) is 15.6. The lowest BCUT2D eigenvalue weighted by Gasteiger charge is -2.13. The van der Waals surface area contributed by atoms with E-state index in [-0.39, 0.29) is 6.04 Å².